The van der Waals surface area contributed by atoms with Gasteiger partial charge in [0.1, 0.15) is 23.9 Å². The second-order valence-electron chi connectivity index (χ2n) is 5.18. The number of benzene rings is 1. The van der Waals surface area contributed by atoms with E-state index in [0.717, 1.165) is 4.68 Å². The van der Waals surface area contributed by atoms with Crippen molar-refractivity contribution in [2.45, 2.75) is 25.1 Å². The second-order valence-corrected chi connectivity index (χ2v) is 6.85. The number of furan rings is 1. The van der Waals surface area contributed by atoms with Gasteiger partial charge in [0, 0.05) is 5.02 Å². The van der Waals surface area contributed by atoms with Crippen LogP contribution in [-0.2, 0) is 6.61 Å². The van der Waals surface area contributed by atoms with Crippen LogP contribution in [0.4, 0.5) is 8.78 Å². The van der Waals surface area contributed by atoms with Crippen molar-refractivity contribution in [3.8, 4) is 5.75 Å². The van der Waals surface area contributed by atoms with Crippen LogP contribution in [0, 0.1) is 0 Å². The molecule has 0 saturated heterocycles. The molecule has 0 amide bonds. The number of aromatic nitrogens is 3. The van der Waals surface area contributed by atoms with Crippen LogP contribution in [0.5, 0.6) is 5.75 Å². The summed E-state index contributed by atoms with van der Waals surface area (Å²) in [7, 11) is 0. The van der Waals surface area contributed by atoms with Crippen molar-refractivity contribution in [2.75, 3.05) is 5.75 Å². The first-order chi connectivity index (χ1) is 13.1. The highest BCUT2D eigenvalue weighted by molar-refractivity contribution is 7.99. The molecule has 0 unspecified atom stereocenters. The van der Waals surface area contributed by atoms with Gasteiger partial charge in [0.2, 0.25) is 11.0 Å². The zero-order chi connectivity index (χ0) is 19.2. The first kappa shape index (κ1) is 19.4. The normalized spacial score (nSPS) is 11.6. The summed E-state index contributed by atoms with van der Waals surface area (Å²) in [5.74, 6) is 1.75. The molecule has 0 aliphatic heterocycles. The lowest BCUT2D eigenvalue weighted by Gasteiger charge is -2.03. The fourth-order valence-electron chi connectivity index (χ4n) is 2.08. The van der Waals surface area contributed by atoms with E-state index in [1.807, 2.05) is 6.92 Å². The number of alkyl halides is 2. The van der Waals surface area contributed by atoms with Gasteiger partial charge in [-0.1, -0.05) is 30.3 Å². The van der Waals surface area contributed by atoms with Crippen molar-refractivity contribution in [3.63, 3.8) is 0 Å². The van der Waals surface area contributed by atoms with E-state index in [0.29, 0.717) is 33.2 Å². The largest absolute Gasteiger partial charge is 0.486 e. The monoisotopic (exact) mass is 412 g/mol. The van der Waals surface area contributed by atoms with Crippen molar-refractivity contribution >= 4 is 29.6 Å². The van der Waals surface area contributed by atoms with E-state index in [4.69, 9.17) is 20.8 Å². The Hall–Kier alpha value is -2.39. The third kappa shape index (κ3) is 5.08. The molecular formula is C17H15ClF2N4O2S. The van der Waals surface area contributed by atoms with E-state index in [1.165, 1.54) is 18.0 Å². The summed E-state index contributed by atoms with van der Waals surface area (Å²) in [4.78, 5) is 0. The minimum absolute atomic E-state index is 0.210. The molecule has 2 aromatic heterocycles. The number of ether oxygens (including phenoxy) is 1. The Morgan fingerprint density at radius 2 is 2.04 bits per heavy atom. The number of thioether (sulfide) groups is 1. The molecule has 3 aromatic rings. The summed E-state index contributed by atoms with van der Waals surface area (Å²) < 4.78 is 38.3. The summed E-state index contributed by atoms with van der Waals surface area (Å²) in [5.41, 5.74) is 0. The average molecular weight is 413 g/mol. The fourth-order valence-corrected chi connectivity index (χ4v) is 2.83. The molecule has 10 heteroatoms. The van der Waals surface area contributed by atoms with Gasteiger partial charge in [-0.3, -0.25) is 0 Å². The first-order valence-corrected chi connectivity index (χ1v) is 9.31. The molecule has 0 spiro atoms. The molecule has 3 rings (SSSR count). The van der Waals surface area contributed by atoms with E-state index in [2.05, 4.69) is 15.3 Å². The number of hydrogen-bond acceptors (Lipinski definition) is 6. The number of hydrogen-bond donors (Lipinski definition) is 0. The van der Waals surface area contributed by atoms with Gasteiger partial charge < -0.3 is 9.15 Å². The smallest absolute Gasteiger partial charge is 0.299 e. The predicted octanol–water partition coefficient (Wildman–Crippen LogP) is 5.04. The Labute approximate surface area is 163 Å². The van der Waals surface area contributed by atoms with Gasteiger partial charge in [0.15, 0.2) is 0 Å². The van der Waals surface area contributed by atoms with Gasteiger partial charge in [-0.15, -0.1) is 10.2 Å². The van der Waals surface area contributed by atoms with E-state index >= 15 is 0 Å². The Balaban J connectivity index is 1.68. The second kappa shape index (κ2) is 9.01. The molecule has 142 valence electrons. The highest BCUT2D eigenvalue weighted by Gasteiger charge is 2.19. The average Bonchev–Trinajstić information content (AvgIpc) is 3.26. The molecule has 2 heterocycles. The fraction of sp³-hybridized carbons (Fsp3) is 0.235. The van der Waals surface area contributed by atoms with Crippen molar-refractivity contribution in [3.05, 3.63) is 58.8 Å². The number of rotatable bonds is 8. The summed E-state index contributed by atoms with van der Waals surface area (Å²) in [6.07, 6.45) is -1.44. The molecule has 0 bridgehead atoms. The van der Waals surface area contributed by atoms with Crippen LogP contribution in [0.25, 0.3) is 0 Å². The van der Waals surface area contributed by atoms with Gasteiger partial charge in [-0.25, -0.2) is 8.78 Å². The van der Waals surface area contributed by atoms with E-state index < -0.39 is 12.2 Å². The molecule has 6 nitrogen and oxygen atoms in total. The molecule has 27 heavy (non-hydrogen) atoms. The number of halogens is 3. The van der Waals surface area contributed by atoms with Crippen LogP contribution < -0.4 is 4.74 Å². The van der Waals surface area contributed by atoms with E-state index in [9.17, 15) is 8.78 Å². The Morgan fingerprint density at radius 3 is 2.74 bits per heavy atom. The van der Waals surface area contributed by atoms with Crippen LogP contribution in [0.1, 0.15) is 30.7 Å². The molecule has 0 radical (unpaired) electrons. The first-order valence-electron chi connectivity index (χ1n) is 7.94. The van der Waals surface area contributed by atoms with Gasteiger partial charge in [-0.2, -0.15) is 9.78 Å². The highest BCUT2D eigenvalue weighted by Crippen LogP contribution is 2.23. The Morgan fingerprint density at radius 1 is 1.26 bits per heavy atom. The minimum Gasteiger partial charge on any atom is -0.486 e. The topological polar surface area (TPSA) is 65.4 Å². The van der Waals surface area contributed by atoms with Gasteiger partial charge >= 0.3 is 0 Å². The third-order valence-corrected chi connectivity index (χ3v) is 4.34. The number of nitrogens with zero attached hydrogens (tertiary/aromatic N) is 4. The predicted molar refractivity (Wildman–Crippen MR) is 98.9 cm³/mol. The summed E-state index contributed by atoms with van der Waals surface area (Å²) >= 11 is 7.09. The molecule has 0 saturated carbocycles. The lowest BCUT2D eigenvalue weighted by atomic mass is 10.3. The zero-order valence-electron chi connectivity index (χ0n) is 14.2. The van der Waals surface area contributed by atoms with Crippen LogP contribution in [0.3, 0.4) is 0 Å². The zero-order valence-corrected chi connectivity index (χ0v) is 15.8. The van der Waals surface area contributed by atoms with Crippen molar-refractivity contribution in [1.29, 1.82) is 0 Å². The Kier molecular flexibility index (Phi) is 6.46. The van der Waals surface area contributed by atoms with E-state index in [1.54, 1.807) is 36.4 Å². The van der Waals surface area contributed by atoms with Crippen LogP contribution in [0.2, 0.25) is 5.02 Å². The van der Waals surface area contributed by atoms with Gasteiger partial charge in [0.25, 0.3) is 6.43 Å². The molecule has 1 aromatic carbocycles. The lowest BCUT2D eigenvalue weighted by molar-refractivity contribution is 0.135. The molecule has 0 aliphatic carbocycles. The minimum atomic E-state index is -2.78. The maximum absolute atomic E-state index is 13.0. The van der Waals surface area contributed by atoms with E-state index in [-0.39, 0.29) is 6.61 Å². The summed E-state index contributed by atoms with van der Waals surface area (Å²) in [6.45, 7) is 2.09. The summed E-state index contributed by atoms with van der Waals surface area (Å²) in [6, 6.07) is 10.3. The summed E-state index contributed by atoms with van der Waals surface area (Å²) in [5, 5.41) is 12.2. The maximum Gasteiger partial charge on any atom is 0.299 e. The molecule has 0 atom stereocenters. The molecule has 0 N–H and O–H groups in total. The maximum atomic E-state index is 13.0. The lowest BCUT2D eigenvalue weighted by Crippen LogP contribution is -2.00. The van der Waals surface area contributed by atoms with Crippen molar-refractivity contribution < 1.29 is 17.9 Å². The Bertz CT molecular complexity index is 912. The van der Waals surface area contributed by atoms with Gasteiger partial charge in [-0.05, 0) is 42.2 Å². The standard InChI is InChI=1S/C17H15ClF2N4O2S/c1-2-27-17-23-22-16(15(19)20)24(17)21-9-13-7-8-14(26-13)10-25-12-5-3-11(18)4-6-12/h3-9,15H,2,10H2,1H3/b21-9+. The SMILES string of the molecule is CCSc1nnc(C(F)F)n1/N=C/c1ccc(COc2ccc(Cl)cc2)o1. The van der Waals surface area contributed by atoms with Crippen LogP contribution in [0.15, 0.2) is 51.1 Å². The molecule has 0 aliphatic rings. The third-order valence-electron chi connectivity index (χ3n) is 3.28. The molecule has 0 fully saturated rings. The quantitative estimate of drug-likeness (QED) is 0.383. The van der Waals surface area contributed by atoms with Crippen LogP contribution in [-0.4, -0.2) is 26.8 Å². The van der Waals surface area contributed by atoms with Crippen LogP contribution >= 0.6 is 23.4 Å². The van der Waals surface area contributed by atoms with Gasteiger partial charge in [0.05, 0.1) is 6.21 Å². The molecular weight excluding hydrogens is 398 g/mol. The van der Waals surface area contributed by atoms with Crippen molar-refractivity contribution in [1.82, 2.24) is 14.9 Å². The highest BCUT2D eigenvalue weighted by atomic mass is 35.5. The van der Waals surface area contributed by atoms with Crippen molar-refractivity contribution in [2.24, 2.45) is 5.10 Å².